The Bertz CT molecular complexity index is 1210. The van der Waals surface area contributed by atoms with Gasteiger partial charge in [-0.1, -0.05) is 12.1 Å². The molecular formula is C23H21F3N4O5. The first kappa shape index (κ1) is 24.2. The predicted octanol–water partition coefficient (Wildman–Crippen LogP) is 2.62. The smallest absolute Gasteiger partial charge is 0.404 e. The molecule has 3 heterocycles. The lowest BCUT2D eigenvalue weighted by molar-refractivity contribution is -0.275. The van der Waals surface area contributed by atoms with Crippen molar-refractivity contribution in [2.45, 2.75) is 51.6 Å². The molecule has 0 radical (unpaired) electrons. The van der Waals surface area contributed by atoms with Crippen molar-refractivity contribution >= 4 is 29.3 Å². The first-order valence-corrected chi connectivity index (χ1v) is 10.8. The van der Waals surface area contributed by atoms with E-state index < -0.39 is 30.0 Å². The van der Waals surface area contributed by atoms with Crippen LogP contribution in [0.5, 0.6) is 5.75 Å². The lowest BCUT2D eigenvalue weighted by Gasteiger charge is -2.29. The maximum atomic E-state index is 12.9. The number of nitrogens with one attached hydrogen (secondary N) is 2. The van der Waals surface area contributed by atoms with Gasteiger partial charge in [0.05, 0.1) is 17.6 Å². The van der Waals surface area contributed by atoms with Gasteiger partial charge >= 0.3 is 6.36 Å². The van der Waals surface area contributed by atoms with Crippen molar-refractivity contribution in [3.63, 3.8) is 0 Å². The molecule has 2 aliphatic heterocycles. The number of piperidine rings is 1. The Morgan fingerprint density at radius 2 is 2.03 bits per heavy atom. The highest BCUT2D eigenvalue weighted by Gasteiger charge is 2.39. The van der Waals surface area contributed by atoms with E-state index in [9.17, 15) is 32.3 Å². The van der Waals surface area contributed by atoms with Crippen LogP contribution >= 0.6 is 0 Å². The number of carbonyl (C=O) groups is 4. The number of hydrogen-bond donors (Lipinski definition) is 2. The summed E-state index contributed by atoms with van der Waals surface area (Å²) in [6, 6.07) is 5.54. The Kier molecular flexibility index (Phi) is 6.46. The molecule has 0 bridgehead atoms. The van der Waals surface area contributed by atoms with E-state index in [1.807, 2.05) is 0 Å². The summed E-state index contributed by atoms with van der Waals surface area (Å²) in [6.07, 6.45) is -2.94. The van der Waals surface area contributed by atoms with Crippen LogP contribution < -0.4 is 15.4 Å². The molecule has 4 amide bonds. The molecule has 1 fully saturated rings. The van der Waals surface area contributed by atoms with Gasteiger partial charge < -0.3 is 15.0 Å². The number of fused-ring (bicyclic) bond motifs is 1. The third kappa shape index (κ3) is 5.58. The Labute approximate surface area is 197 Å². The lowest BCUT2D eigenvalue weighted by atomic mass is 10.0. The number of benzene rings is 1. The van der Waals surface area contributed by atoms with Crippen molar-refractivity contribution in [1.29, 1.82) is 0 Å². The molecule has 1 aromatic carbocycles. The number of amides is 4. The van der Waals surface area contributed by atoms with Crippen molar-refractivity contribution in [3.05, 3.63) is 52.8 Å². The van der Waals surface area contributed by atoms with E-state index in [1.54, 1.807) is 18.2 Å². The second-order valence-electron chi connectivity index (χ2n) is 8.29. The van der Waals surface area contributed by atoms with Crippen molar-refractivity contribution in [2.24, 2.45) is 0 Å². The van der Waals surface area contributed by atoms with Crippen LogP contribution in [-0.2, 0) is 27.3 Å². The van der Waals surface area contributed by atoms with E-state index in [0.29, 0.717) is 11.1 Å². The quantitative estimate of drug-likeness (QED) is 0.602. The zero-order valence-corrected chi connectivity index (χ0v) is 18.6. The second kappa shape index (κ2) is 9.35. The maximum Gasteiger partial charge on any atom is 0.573 e. The number of aromatic nitrogens is 1. The monoisotopic (exact) mass is 490 g/mol. The first-order valence-electron chi connectivity index (χ1n) is 10.8. The third-order valence-electron chi connectivity index (χ3n) is 5.78. The van der Waals surface area contributed by atoms with Crippen molar-refractivity contribution in [3.8, 4) is 5.75 Å². The van der Waals surface area contributed by atoms with E-state index in [-0.39, 0.29) is 55.4 Å². The Morgan fingerprint density at radius 3 is 2.74 bits per heavy atom. The van der Waals surface area contributed by atoms with Gasteiger partial charge in [0.2, 0.25) is 17.7 Å². The van der Waals surface area contributed by atoms with Gasteiger partial charge in [-0.2, -0.15) is 0 Å². The fraction of sp³-hybridized carbons (Fsp3) is 0.348. The average Bonchev–Trinajstić information content (AvgIpc) is 3.09. The van der Waals surface area contributed by atoms with Crippen LogP contribution in [0.25, 0.3) is 0 Å². The number of halogens is 3. The summed E-state index contributed by atoms with van der Waals surface area (Å²) >= 11 is 0. The minimum atomic E-state index is -4.88. The van der Waals surface area contributed by atoms with Crippen LogP contribution in [0.15, 0.2) is 30.5 Å². The molecule has 4 rings (SSSR count). The topological polar surface area (TPSA) is 118 Å². The molecule has 2 aliphatic rings. The number of anilines is 1. The fourth-order valence-corrected chi connectivity index (χ4v) is 4.05. The van der Waals surface area contributed by atoms with Crippen LogP contribution in [-0.4, -0.2) is 45.9 Å². The van der Waals surface area contributed by atoms with Gasteiger partial charge in [-0.3, -0.25) is 29.5 Å². The molecule has 0 aliphatic carbocycles. The normalized spacial score (nSPS) is 17.8. The summed E-state index contributed by atoms with van der Waals surface area (Å²) in [5.41, 5.74) is 1.97. The predicted molar refractivity (Wildman–Crippen MR) is 115 cm³/mol. The molecule has 9 nitrogen and oxygen atoms in total. The van der Waals surface area contributed by atoms with Crippen molar-refractivity contribution < 1.29 is 37.1 Å². The summed E-state index contributed by atoms with van der Waals surface area (Å²) in [5.74, 6) is -2.13. The van der Waals surface area contributed by atoms with E-state index >= 15 is 0 Å². The van der Waals surface area contributed by atoms with Gasteiger partial charge in [0, 0.05) is 31.0 Å². The molecule has 0 saturated carbocycles. The molecule has 35 heavy (non-hydrogen) atoms. The highest BCUT2D eigenvalue weighted by Crippen LogP contribution is 2.29. The Hall–Kier alpha value is -3.96. The summed E-state index contributed by atoms with van der Waals surface area (Å²) < 4.78 is 41.4. The molecule has 0 spiro atoms. The number of carbonyl (C=O) groups excluding carboxylic acids is 4. The fourth-order valence-electron chi connectivity index (χ4n) is 4.05. The molecule has 2 aromatic rings. The van der Waals surface area contributed by atoms with E-state index in [0.717, 1.165) is 11.6 Å². The van der Waals surface area contributed by atoms with E-state index in [4.69, 9.17) is 0 Å². The zero-order chi connectivity index (χ0) is 25.3. The first-order chi connectivity index (χ1) is 16.5. The van der Waals surface area contributed by atoms with Crippen LogP contribution in [0, 0.1) is 6.92 Å². The maximum absolute atomic E-state index is 12.9. The van der Waals surface area contributed by atoms with Crippen LogP contribution in [0.2, 0.25) is 0 Å². The number of nitrogens with zero attached hydrogens (tertiary/aromatic N) is 2. The van der Waals surface area contributed by atoms with Gasteiger partial charge in [-0.25, -0.2) is 0 Å². The van der Waals surface area contributed by atoms with Crippen LogP contribution in [0.1, 0.15) is 46.4 Å². The van der Waals surface area contributed by atoms with Gasteiger partial charge in [-0.15, -0.1) is 13.2 Å². The molecule has 1 atom stereocenters. The van der Waals surface area contributed by atoms with E-state index in [1.165, 1.54) is 18.0 Å². The minimum Gasteiger partial charge on any atom is -0.404 e. The summed E-state index contributed by atoms with van der Waals surface area (Å²) in [5, 5.41) is 4.74. The minimum absolute atomic E-state index is 0.00711. The number of ether oxygens (including phenoxy) is 1. The van der Waals surface area contributed by atoms with Crippen LogP contribution in [0.3, 0.4) is 0 Å². The highest BCUT2D eigenvalue weighted by atomic mass is 19.4. The van der Waals surface area contributed by atoms with Gasteiger partial charge in [0.15, 0.2) is 5.75 Å². The summed E-state index contributed by atoms with van der Waals surface area (Å²) in [7, 11) is 0. The molecular weight excluding hydrogens is 469 g/mol. The molecule has 1 saturated heterocycles. The Balaban J connectivity index is 1.37. The third-order valence-corrected chi connectivity index (χ3v) is 5.78. The van der Waals surface area contributed by atoms with Crippen molar-refractivity contribution in [1.82, 2.24) is 15.2 Å². The number of pyridine rings is 1. The van der Waals surface area contributed by atoms with Gasteiger partial charge in [0.25, 0.3) is 5.91 Å². The van der Waals surface area contributed by atoms with E-state index in [2.05, 4.69) is 20.4 Å². The lowest BCUT2D eigenvalue weighted by Crippen LogP contribution is -2.52. The number of hydrogen-bond acceptors (Lipinski definition) is 6. The number of aryl methyl sites for hydroxylation is 2. The molecule has 12 heteroatoms. The average molecular weight is 490 g/mol. The number of imide groups is 1. The molecule has 1 unspecified atom stereocenters. The number of rotatable bonds is 6. The Morgan fingerprint density at radius 1 is 1.26 bits per heavy atom. The standard InChI is InChI=1S/C23H21F3N4O5/c1-12-18(35-23(24,25)26)9-15(10-27-12)28-19(31)6-3-13-2-4-14-11-30(22(34)16(14)8-13)17-5-7-20(32)29-21(17)33/h2,4,8-10,17H,3,5-7,11H2,1H3,(H,28,31)(H,29,32,33). The van der Waals surface area contributed by atoms with Gasteiger partial charge in [-0.05, 0) is 37.0 Å². The second-order valence-corrected chi connectivity index (χ2v) is 8.29. The SMILES string of the molecule is Cc1ncc(NC(=O)CCc2ccc3c(c2)C(=O)N(C2CCC(=O)NC2=O)C3)cc1OC(F)(F)F. The summed E-state index contributed by atoms with van der Waals surface area (Å²) in [4.78, 5) is 54.0. The molecule has 2 N–H and O–H groups in total. The molecule has 1 aromatic heterocycles. The summed E-state index contributed by atoms with van der Waals surface area (Å²) in [6.45, 7) is 1.60. The van der Waals surface area contributed by atoms with Crippen LogP contribution in [0.4, 0.5) is 18.9 Å². The number of alkyl halides is 3. The highest BCUT2D eigenvalue weighted by molar-refractivity contribution is 6.05. The largest absolute Gasteiger partial charge is 0.573 e. The molecule has 184 valence electrons. The van der Waals surface area contributed by atoms with Gasteiger partial charge in [0.1, 0.15) is 6.04 Å². The zero-order valence-electron chi connectivity index (χ0n) is 18.6. The van der Waals surface area contributed by atoms with Crippen molar-refractivity contribution in [2.75, 3.05) is 5.32 Å².